The van der Waals surface area contributed by atoms with Crippen molar-refractivity contribution in [1.29, 1.82) is 0 Å². The van der Waals surface area contributed by atoms with Crippen molar-refractivity contribution in [3.8, 4) is 0 Å². The number of nitrogens with one attached hydrogen (secondary N) is 1. The van der Waals surface area contributed by atoms with Gasteiger partial charge in [0.15, 0.2) is 0 Å². The molecule has 1 N–H and O–H groups in total. The SMILES string of the molecule is COCC(=O)Nc1ccnn1C1CCCC1. The van der Waals surface area contributed by atoms with Gasteiger partial charge in [-0.15, -0.1) is 0 Å². The van der Waals surface area contributed by atoms with Crippen LogP contribution in [0.25, 0.3) is 0 Å². The molecule has 1 saturated carbocycles. The fourth-order valence-electron chi connectivity index (χ4n) is 2.16. The highest BCUT2D eigenvalue weighted by Crippen LogP contribution is 2.31. The molecule has 0 unspecified atom stereocenters. The van der Waals surface area contributed by atoms with Gasteiger partial charge >= 0.3 is 0 Å². The molecule has 1 aliphatic carbocycles. The van der Waals surface area contributed by atoms with Crippen LogP contribution in [0.3, 0.4) is 0 Å². The van der Waals surface area contributed by atoms with Crippen molar-refractivity contribution in [3.05, 3.63) is 12.3 Å². The lowest BCUT2D eigenvalue weighted by atomic mass is 10.2. The van der Waals surface area contributed by atoms with Gasteiger partial charge < -0.3 is 10.1 Å². The summed E-state index contributed by atoms with van der Waals surface area (Å²) in [6.45, 7) is 0.0792. The van der Waals surface area contributed by atoms with Gasteiger partial charge in [0.25, 0.3) is 5.91 Å². The van der Waals surface area contributed by atoms with Gasteiger partial charge in [-0.25, -0.2) is 4.68 Å². The molecule has 5 heteroatoms. The Morgan fingerprint density at radius 2 is 2.38 bits per heavy atom. The van der Waals surface area contributed by atoms with Crippen molar-refractivity contribution in [3.63, 3.8) is 0 Å². The monoisotopic (exact) mass is 223 g/mol. The number of carbonyl (C=O) groups is 1. The number of rotatable bonds is 4. The van der Waals surface area contributed by atoms with Crippen molar-refractivity contribution in [2.75, 3.05) is 19.0 Å². The van der Waals surface area contributed by atoms with E-state index in [1.54, 1.807) is 6.20 Å². The van der Waals surface area contributed by atoms with E-state index in [9.17, 15) is 4.79 Å². The molecule has 1 aliphatic rings. The van der Waals surface area contributed by atoms with E-state index in [1.807, 2.05) is 10.7 Å². The van der Waals surface area contributed by atoms with E-state index < -0.39 is 0 Å². The fraction of sp³-hybridized carbons (Fsp3) is 0.636. The average Bonchev–Trinajstić information content (AvgIpc) is 2.86. The van der Waals surface area contributed by atoms with Crippen molar-refractivity contribution >= 4 is 11.7 Å². The molecule has 2 rings (SSSR count). The first-order valence-electron chi connectivity index (χ1n) is 5.63. The quantitative estimate of drug-likeness (QED) is 0.843. The van der Waals surface area contributed by atoms with Crippen LogP contribution in [0, 0.1) is 0 Å². The zero-order valence-electron chi connectivity index (χ0n) is 9.48. The van der Waals surface area contributed by atoms with Crippen LogP contribution in [0.5, 0.6) is 0 Å². The second-order valence-electron chi connectivity index (χ2n) is 4.08. The highest BCUT2D eigenvalue weighted by atomic mass is 16.5. The van der Waals surface area contributed by atoms with Crippen molar-refractivity contribution < 1.29 is 9.53 Å². The summed E-state index contributed by atoms with van der Waals surface area (Å²) in [6, 6.07) is 2.26. The molecule has 1 heterocycles. The van der Waals surface area contributed by atoms with E-state index in [0.29, 0.717) is 6.04 Å². The van der Waals surface area contributed by atoms with Crippen LogP contribution in [0.15, 0.2) is 12.3 Å². The summed E-state index contributed by atoms with van der Waals surface area (Å²) in [7, 11) is 1.51. The first kappa shape index (κ1) is 11.1. The number of methoxy groups -OCH3 is 1. The van der Waals surface area contributed by atoms with Crippen LogP contribution in [0.1, 0.15) is 31.7 Å². The summed E-state index contributed by atoms with van der Waals surface area (Å²) in [6.07, 6.45) is 6.51. The number of nitrogens with zero attached hydrogens (tertiary/aromatic N) is 2. The van der Waals surface area contributed by atoms with Gasteiger partial charge in [0.1, 0.15) is 12.4 Å². The number of hydrogen-bond acceptors (Lipinski definition) is 3. The summed E-state index contributed by atoms with van der Waals surface area (Å²) in [5.74, 6) is 0.635. The molecule has 1 fully saturated rings. The van der Waals surface area contributed by atoms with Gasteiger partial charge in [-0.1, -0.05) is 12.8 Å². The van der Waals surface area contributed by atoms with Gasteiger partial charge in [0.05, 0.1) is 12.2 Å². The molecule has 0 bridgehead atoms. The minimum atomic E-state index is -0.137. The van der Waals surface area contributed by atoms with E-state index in [1.165, 1.54) is 20.0 Å². The van der Waals surface area contributed by atoms with Crippen molar-refractivity contribution in [2.24, 2.45) is 0 Å². The predicted octanol–water partition coefficient (Wildman–Crippen LogP) is 1.58. The lowest BCUT2D eigenvalue weighted by Crippen LogP contribution is -2.20. The van der Waals surface area contributed by atoms with Crippen molar-refractivity contribution in [1.82, 2.24) is 9.78 Å². The number of carbonyl (C=O) groups excluding carboxylic acids is 1. The third-order valence-electron chi connectivity index (χ3n) is 2.88. The summed E-state index contributed by atoms with van der Waals surface area (Å²) in [5, 5.41) is 7.08. The van der Waals surface area contributed by atoms with E-state index in [4.69, 9.17) is 4.74 Å². The molecule has 1 aromatic rings. The Labute approximate surface area is 94.8 Å². The smallest absolute Gasteiger partial charge is 0.251 e. The van der Waals surface area contributed by atoms with E-state index in [0.717, 1.165) is 18.7 Å². The number of hydrogen-bond donors (Lipinski definition) is 1. The van der Waals surface area contributed by atoms with Gasteiger partial charge in [0, 0.05) is 13.2 Å². The van der Waals surface area contributed by atoms with Crippen LogP contribution in [-0.4, -0.2) is 29.4 Å². The summed E-state index contributed by atoms with van der Waals surface area (Å²) in [5.41, 5.74) is 0. The third-order valence-corrected chi connectivity index (χ3v) is 2.88. The Bertz CT molecular complexity index is 356. The van der Waals surface area contributed by atoms with E-state index in [-0.39, 0.29) is 12.5 Å². The number of ether oxygens (including phenoxy) is 1. The molecule has 16 heavy (non-hydrogen) atoms. The predicted molar refractivity (Wildman–Crippen MR) is 60.2 cm³/mol. The highest BCUT2D eigenvalue weighted by Gasteiger charge is 2.20. The summed E-state index contributed by atoms with van der Waals surface area (Å²) < 4.78 is 6.69. The van der Waals surface area contributed by atoms with Gasteiger partial charge in [-0.05, 0) is 12.8 Å². The third kappa shape index (κ3) is 2.41. The molecule has 0 atom stereocenters. The Hall–Kier alpha value is -1.36. The molecule has 0 saturated heterocycles. The molecule has 88 valence electrons. The molecule has 1 aromatic heterocycles. The van der Waals surface area contributed by atoms with Gasteiger partial charge in [-0.2, -0.15) is 5.10 Å². The standard InChI is InChI=1S/C11H17N3O2/c1-16-8-11(15)13-10-6-7-12-14(10)9-4-2-3-5-9/h6-7,9H,2-5,8H2,1H3,(H,13,15). The van der Waals surface area contributed by atoms with Crippen LogP contribution in [0.4, 0.5) is 5.82 Å². The zero-order chi connectivity index (χ0) is 11.4. The molecular formula is C11H17N3O2. The second-order valence-corrected chi connectivity index (χ2v) is 4.08. The molecule has 5 nitrogen and oxygen atoms in total. The van der Waals surface area contributed by atoms with Crippen LogP contribution < -0.4 is 5.32 Å². The largest absolute Gasteiger partial charge is 0.375 e. The van der Waals surface area contributed by atoms with E-state index >= 15 is 0 Å². The van der Waals surface area contributed by atoms with Gasteiger partial charge in [-0.3, -0.25) is 4.79 Å². The maximum absolute atomic E-state index is 11.4. The van der Waals surface area contributed by atoms with Crippen LogP contribution in [0.2, 0.25) is 0 Å². The molecule has 0 aromatic carbocycles. The Balaban J connectivity index is 2.03. The Morgan fingerprint density at radius 3 is 3.06 bits per heavy atom. The lowest BCUT2D eigenvalue weighted by Gasteiger charge is -2.14. The number of amides is 1. The van der Waals surface area contributed by atoms with Crippen LogP contribution in [-0.2, 0) is 9.53 Å². The summed E-state index contributed by atoms with van der Waals surface area (Å²) in [4.78, 5) is 11.4. The maximum Gasteiger partial charge on any atom is 0.251 e. The van der Waals surface area contributed by atoms with Crippen molar-refractivity contribution in [2.45, 2.75) is 31.7 Å². The Kier molecular flexibility index (Phi) is 3.56. The molecule has 0 spiro atoms. The molecular weight excluding hydrogens is 206 g/mol. The minimum absolute atomic E-state index is 0.0792. The number of aromatic nitrogens is 2. The van der Waals surface area contributed by atoms with Crippen LogP contribution >= 0.6 is 0 Å². The molecule has 0 radical (unpaired) electrons. The zero-order valence-corrected chi connectivity index (χ0v) is 9.48. The summed E-state index contributed by atoms with van der Waals surface area (Å²) >= 11 is 0. The van der Waals surface area contributed by atoms with E-state index in [2.05, 4.69) is 10.4 Å². The fourth-order valence-corrected chi connectivity index (χ4v) is 2.16. The lowest BCUT2D eigenvalue weighted by molar-refractivity contribution is -0.119. The normalized spacial score (nSPS) is 16.6. The maximum atomic E-state index is 11.4. The molecule has 1 amide bonds. The number of anilines is 1. The topological polar surface area (TPSA) is 56.1 Å². The average molecular weight is 223 g/mol. The van der Waals surface area contributed by atoms with Gasteiger partial charge in [0.2, 0.25) is 0 Å². The molecule has 0 aliphatic heterocycles. The highest BCUT2D eigenvalue weighted by molar-refractivity contribution is 5.90. The minimum Gasteiger partial charge on any atom is -0.375 e. The Morgan fingerprint density at radius 1 is 1.62 bits per heavy atom. The second kappa shape index (κ2) is 5.12. The first-order chi connectivity index (χ1) is 7.81. The first-order valence-corrected chi connectivity index (χ1v) is 5.63.